The van der Waals surface area contributed by atoms with Gasteiger partial charge in [0.25, 0.3) is 0 Å². The lowest BCUT2D eigenvalue weighted by Gasteiger charge is -2.31. The summed E-state index contributed by atoms with van der Waals surface area (Å²) in [5, 5.41) is 2.04. The summed E-state index contributed by atoms with van der Waals surface area (Å²) in [6.07, 6.45) is 0. The van der Waals surface area contributed by atoms with E-state index in [9.17, 15) is 0 Å². The highest BCUT2D eigenvalue weighted by molar-refractivity contribution is 6.27. The van der Waals surface area contributed by atoms with Gasteiger partial charge in [-0.3, -0.25) is 4.79 Å². The smallest absolute Gasteiger partial charge is 0.194 e. The van der Waals surface area contributed by atoms with Crippen molar-refractivity contribution in [2.45, 2.75) is 38.5 Å². The Bertz CT molecular complexity index is 3320. The Labute approximate surface area is 363 Å². The molecule has 0 amide bonds. The lowest BCUT2D eigenvalue weighted by molar-refractivity contribution is 0.104. The predicted octanol–water partition coefficient (Wildman–Crippen LogP) is 15.6. The fourth-order valence-corrected chi connectivity index (χ4v) is 10.9. The van der Waals surface area contributed by atoms with E-state index in [-0.39, 0.29) is 16.6 Å². The monoisotopic (exact) mass is 796 g/mol. The van der Waals surface area contributed by atoms with Gasteiger partial charge in [-0.25, -0.2) is 0 Å². The van der Waals surface area contributed by atoms with Crippen LogP contribution in [0, 0.1) is 0 Å². The van der Waals surface area contributed by atoms with Crippen molar-refractivity contribution in [3.05, 3.63) is 228 Å². The third kappa shape index (κ3) is 5.15. The number of rotatable bonds is 6. The van der Waals surface area contributed by atoms with E-state index < -0.39 is 0 Å². The molecule has 9 aromatic rings. The number of fused-ring (bicyclic) bond motifs is 8. The number of para-hydroxylation sites is 2. The van der Waals surface area contributed by atoms with Gasteiger partial charge < -0.3 is 9.80 Å². The molecule has 0 radical (unpaired) electrons. The van der Waals surface area contributed by atoms with E-state index >= 15 is 4.79 Å². The summed E-state index contributed by atoms with van der Waals surface area (Å²) >= 11 is 0. The lowest BCUT2D eigenvalue weighted by Crippen LogP contribution is -2.17. The lowest BCUT2D eigenvalue weighted by atomic mass is 9.81. The Balaban J connectivity index is 0.996. The zero-order valence-corrected chi connectivity index (χ0v) is 35.3. The third-order valence-electron chi connectivity index (χ3n) is 14.0. The van der Waals surface area contributed by atoms with Crippen LogP contribution >= 0.6 is 0 Å². The van der Waals surface area contributed by atoms with Gasteiger partial charge in [0.1, 0.15) is 0 Å². The maximum absolute atomic E-state index is 15.0. The van der Waals surface area contributed by atoms with Crippen LogP contribution in [0.1, 0.15) is 65.9 Å². The van der Waals surface area contributed by atoms with Crippen molar-refractivity contribution in [2.75, 3.05) is 9.80 Å². The topological polar surface area (TPSA) is 23.6 Å². The van der Waals surface area contributed by atoms with Crippen molar-refractivity contribution >= 4 is 50.7 Å². The molecule has 0 N–H and O–H groups in total. The number of carbonyl (C=O) groups is 1. The average molecular weight is 797 g/mol. The molecule has 0 aliphatic heterocycles. The highest BCUT2D eigenvalue weighted by atomic mass is 16.1. The number of carbonyl (C=O) groups excluding carboxylic acids is 1. The number of hydrogen-bond acceptors (Lipinski definition) is 3. The molecule has 12 rings (SSSR count). The number of anilines is 6. The normalized spacial score (nSPS) is 14.4. The number of ketones is 1. The highest BCUT2D eigenvalue weighted by Gasteiger charge is 2.38. The molecular weight excluding hydrogens is 753 g/mol. The molecule has 9 aromatic carbocycles. The fraction of sp³-hybridized carbons (Fsp3) is 0.102. The first-order valence-corrected chi connectivity index (χ1v) is 21.6. The second-order valence-corrected chi connectivity index (χ2v) is 18.1. The first-order valence-electron chi connectivity index (χ1n) is 21.6. The fourth-order valence-electron chi connectivity index (χ4n) is 10.9. The zero-order chi connectivity index (χ0) is 41.9. The molecular formula is C59H44N2O. The molecule has 0 unspecified atom stereocenters. The second-order valence-electron chi connectivity index (χ2n) is 18.1. The van der Waals surface area contributed by atoms with Gasteiger partial charge >= 0.3 is 0 Å². The Hall–Kier alpha value is -7.49. The quantitative estimate of drug-likeness (QED) is 0.167. The molecule has 0 heterocycles. The minimum absolute atomic E-state index is 0.0407. The van der Waals surface area contributed by atoms with E-state index in [1.807, 2.05) is 12.1 Å². The van der Waals surface area contributed by atoms with E-state index in [2.05, 4.69) is 219 Å². The van der Waals surface area contributed by atoms with Crippen LogP contribution in [0.15, 0.2) is 194 Å². The molecule has 0 fully saturated rings. The van der Waals surface area contributed by atoms with Crippen LogP contribution in [0.4, 0.5) is 34.1 Å². The SMILES string of the molecule is CC1(C)c2ccccc2-c2ccc(N(c3ccccc3)c3ccc4c(c3)C(=O)c3cccc5c(N(c6ccccc6)c6ccc7c(c6)C(C)(C)c6ccccc6-7)ccc-4c35)cc21. The van der Waals surface area contributed by atoms with Gasteiger partial charge in [0.15, 0.2) is 5.78 Å². The largest absolute Gasteiger partial charge is 0.310 e. The molecule has 0 bridgehead atoms. The standard InChI is InChI=1S/C59H44N2O/c1-58(2)51-24-13-11-20-43(51)45-30-27-40(35-53(45)58)60(37-16-7-5-8-17-37)39-26-29-42-47-32-33-55(48-22-15-23-49(56(47)48)57(62)50(42)34-39)61(38-18-9-6-10-19-38)41-28-31-46-44-21-12-14-25-52(44)59(3,4)54(46)36-41/h5-36H,1-4H3. The Morgan fingerprint density at radius 1 is 0.323 bits per heavy atom. The molecule has 3 nitrogen and oxygen atoms in total. The zero-order valence-electron chi connectivity index (χ0n) is 35.3. The second kappa shape index (κ2) is 13.3. The third-order valence-corrected chi connectivity index (χ3v) is 14.0. The van der Waals surface area contributed by atoms with Crippen LogP contribution in [0.2, 0.25) is 0 Å². The molecule has 0 saturated heterocycles. The minimum Gasteiger partial charge on any atom is -0.310 e. The molecule has 3 aliphatic rings. The van der Waals surface area contributed by atoms with E-state index in [1.165, 1.54) is 44.5 Å². The Kier molecular flexibility index (Phi) is 7.77. The van der Waals surface area contributed by atoms with E-state index in [4.69, 9.17) is 0 Å². The number of benzene rings is 9. The molecule has 0 atom stereocenters. The van der Waals surface area contributed by atoms with Crippen molar-refractivity contribution in [1.29, 1.82) is 0 Å². The Morgan fingerprint density at radius 3 is 1.37 bits per heavy atom. The van der Waals surface area contributed by atoms with Gasteiger partial charge in [-0.15, -0.1) is 0 Å². The van der Waals surface area contributed by atoms with E-state index in [1.54, 1.807) is 0 Å². The van der Waals surface area contributed by atoms with Crippen molar-refractivity contribution in [2.24, 2.45) is 0 Å². The van der Waals surface area contributed by atoms with Gasteiger partial charge in [0.2, 0.25) is 0 Å². The molecule has 0 spiro atoms. The van der Waals surface area contributed by atoms with Crippen molar-refractivity contribution in [3.63, 3.8) is 0 Å². The average Bonchev–Trinajstić information content (AvgIpc) is 3.68. The number of nitrogens with zero attached hydrogens (tertiary/aromatic N) is 2. The molecule has 62 heavy (non-hydrogen) atoms. The summed E-state index contributed by atoms with van der Waals surface area (Å²) in [5.74, 6) is 0.0407. The molecule has 0 aromatic heterocycles. The van der Waals surface area contributed by atoms with Gasteiger partial charge in [0.05, 0.1) is 5.69 Å². The summed E-state index contributed by atoms with van der Waals surface area (Å²) in [6.45, 7) is 9.30. The molecule has 3 heteroatoms. The van der Waals surface area contributed by atoms with E-state index in [0.29, 0.717) is 5.56 Å². The first kappa shape index (κ1) is 36.4. The van der Waals surface area contributed by atoms with Crippen LogP contribution in [-0.2, 0) is 10.8 Å². The van der Waals surface area contributed by atoms with Gasteiger partial charge in [-0.1, -0.05) is 155 Å². The summed E-state index contributed by atoms with van der Waals surface area (Å²) in [4.78, 5) is 19.7. The van der Waals surface area contributed by atoms with Crippen LogP contribution in [0.5, 0.6) is 0 Å². The van der Waals surface area contributed by atoms with Gasteiger partial charge in [-0.2, -0.15) is 0 Å². The van der Waals surface area contributed by atoms with Crippen LogP contribution in [0.25, 0.3) is 44.2 Å². The van der Waals surface area contributed by atoms with Gasteiger partial charge in [-0.05, 0) is 122 Å². The first-order chi connectivity index (χ1) is 30.2. The molecule has 3 aliphatic carbocycles. The van der Waals surface area contributed by atoms with E-state index in [0.717, 1.165) is 61.6 Å². The minimum atomic E-state index is -0.142. The van der Waals surface area contributed by atoms with Crippen LogP contribution in [0.3, 0.4) is 0 Å². The molecule has 0 saturated carbocycles. The van der Waals surface area contributed by atoms with Crippen molar-refractivity contribution in [3.8, 4) is 33.4 Å². The summed E-state index contributed by atoms with van der Waals surface area (Å²) < 4.78 is 0. The van der Waals surface area contributed by atoms with Crippen LogP contribution in [-0.4, -0.2) is 5.78 Å². The van der Waals surface area contributed by atoms with Crippen molar-refractivity contribution < 1.29 is 4.79 Å². The van der Waals surface area contributed by atoms with Crippen LogP contribution < -0.4 is 9.80 Å². The maximum Gasteiger partial charge on any atom is 0.194 e. The molecule has 296 valence electrons. The van der Waals surface area contributed by atoms with Crippen molar-refractivity contribution in [1.82, 2.24) is 0 Å². The van der Waals surface area contributed by atoms with Gasteiger partial charge in [0, 0.05) is 61.2 Å². The summed E-state index contributed by atoms with van der Waals surface area (Å²) in [6, 6.07) is 69.5. The predicted molar refractivity (Wildman–Crippen MR) is 257 cm³/mol. The highest BCUT2D eigenvalue weighted by Crippen LogP contribution is 2.54. The summed E-state index contributed by atoms with van der Waals surface area (Å²) in [5.41, 5.74) is 19.9. The number of hydrogen-bond donors (Lipinski definition) is 0. The Morgan fingerprint density at radius 2 is 0.774 bits per heavy atom. The maximum atomic E-state index is 15.0. The summed E-state index contributed by atoms with van der Waals surface area (Å²) in [7, 11) is 0.